The second-order valence-corrected chi connectivity index (χ2v) is 6.92. The molecule has 1 aliphatic heterocycles. The number of nitrogens with one attached hydrogen (secondary N) is 1. The number of aromatic nitrogens is 5. The lowest BCUT2D eigenvalue weighted by molar-refractivity contribution is 0.312. The number of hydrogen-bond donors (Lipinski definition) is 1. The highest BCUT2D eigenvalue weighted by Crippen LogP contribution is 2.21. The average Bonchev–Trinajstić information content (AvgIpc) is 3.09. The van der Waals surface area contributed by atoms with Gasteiger partial charge in [-0.25, -0.2) is 14.5 Å². The summed E-state index contributed by atoms with van der Waals surface area (Å²) in [5, 5.41) is 9.73. The van der Waals surface area contributed by atoms with E-state index >= 15 is 0 Å². The maximum atomic E-state index is 4.58. The minimum atomic E-state index is 0.562. The smallest absolute Gasteiger partial charge is 0.249 e. The molecular formula is C15H20N8S. The van der Waals surface area contributed by atoms with Crippen molar-refractivity contribution in [2.45, 2.75) is 13.8 Å². The lowest BCUT2D eigenvalue weighted by atomic mass is 10.3. The Labute approximate surface area is 144 Å². The molecule has 8 nitrogen and oxygen atoms in total. The molecule has 9 heteroatoms. The lowest BCUT2D eigenvalue weighted by Gasteiger charge is -2.33. The molecule has 3 aromatic heterocycles. The Kier molecular flexibility index (Phi) is 3.81. The van der Waals surface area contributed by atoms with Crippen LogP contribution in [0.15, 0.2) is 11.4 Å². The predicted octanol–water partition coefficient (Wildman–Crippen LogP) is 1.69. The Morgan fingerprint density at radius 3 is 2.62 bits per heavy atom. The van der Waals surface area contributed by atoms with Crippen molar-refractivity contribution in [3.05, 3.63) is 23.0 Å². The molecule has 24 heavy (non-hydrogen) atoms. The van der Waals surface area contributed by atoms with Crippen LogP contribution in [0.2, 0.25) is 0 Å². The highest BCUT2D eigenvalue weighted by atomic mass is 32.1. The van der Waals surface area contributed by atoms with Crippen molar-refractivity contribution in [2.24, 2.45) is 0 Å². The molecule has 0 spiro atoms. The van der Waals surface area contributed by atoms with Crippen LogP contribution in [-0.2, 0) is 0 Å². The first-order valence-electron chi connectivity index (χ1n) is 7.95. The van der Waals surface area contributed by atoms with Crippen molar-refractivity contribution in [2.75, 3.05) is 43.4 Å². The van der Waals surface area contributed by atoms with Crippen molar-refractivity contribution < 1.29 is 0 Å². The van der Waals surface area contributed by atoms with Gasteiger partial charge in [0.1, 0.15) is 17.5 Å². The zero-order valence-corrected chi connectivity index (χ0v) is 14.8. The summed E-state index contributed by atoms with van der Waals surface area (Å²) in [4.78, 5) is 19.0. The largest absolute Gasteiger partial charge is 0.354 e. The summed E-state index contributed by atoms with van der Waals surface area (Å²) in [5.74, 6) is 2.99. The Bertz CT molecular complexity index is 862. The maximum Gasteiger partial charge on any atom is 0.249 e. The minimum Gasteiger partial charge on any atom is -0.354 e. The fraction of sp³-hybridized carbons (Fsp3) is 0.467. The molecule has 4 heterocycles. The second-order valence-electron chi connectivity index (χ2n) is 6.08. The highest BCUT2D eigenvalue weighted by molar-refractivity contribution is 7.15. The summed E-state index contributed by atoms with van der Waals surface area (Å²) in [6.45, 7) is 7.97. The summed E-state index contributed by atoms with van der Waals surface area (Å²) in [6.07, 6.45) is 0. The number of anilines is 3. The van der Waals surface area contributed by atoms with E-state index in [2.05, 4.69) is 42.2 Å². The molecule has 0 radical (unpaired) electrons. The second kappa shape index (κ2) is 5.99. The van der Waals surface area contributed by atoms with Gasteiger partial charge < -0.3 is 15.1 Å². The van der Waals surface area contributed by atoms with Gasteiger partial charge in [-0.15, -0.1) is 16.4 Å². The lowest BCUT2D eigenvalue weighted by Crippen LogP contribution is -2.44. The Balaban J connectivity index is 1.58. The molecule has 0 aromatic carbocycles. The molecule has 0 unspecified atom stereocenters. The third-order valence-corrected chi connectivity index (χ3v) is 5.07. The van der Waals surface area contributed by atoms with E-state index in [-0.39, 0.29) is 0 Å². The number of hydrogen-bond acceptors (Lipinski definition) is 8. The highest BCUT2D eigenvalue weighted by Gasteiger charge is 2.17. The van der Waals surface area contributed by atoms with Gasteiger partial charge in [-0.05, 0) is 20.9 Å². The van der Waals surface area contributed by atoms with Gasteiger partial charge in [0.25, 0.3) is 0 Å². The van der Waals surface area contributed by atoms with E-state index in [9.17, 15) is 0 Å². The number of aryl methyl sites for hydroxylation is 2. The topological polar surface area (TPSA) is 74.5 Å². The van der Waals surface area contributed by atoms with Crippen molar-refractivity contribution in [3.63, 3.8) is 0 Å². The van der Waals surface area contributed by atoms with Gasteiger partial charge in [-0.3, -0.25) is 0 Å². The fourth-order valence-corrected chi connectivity index (χ4v) is 3.57. The molecule has 0 saturated carbocycles. The number of nitrogens with zero attached hydrogens (tertiary/aromatic N) is 7. The van der Waals surface area contributed by atoms with Crippen molar-refractivity contribution in [1.82, 2.24) is 29.5 Å². The van der Waals surface area contributed by atoms with Crippen LogP contribution in [0.1, 0.15) is 11.5 Å². The first kappa shape index (κ1) is 15.3. The number of likely N-dealkylation sites (N-methyl/N-ethyl adjacent to an activating group) is 1. The zero-order valence-electron chi connectivity index (χ0n) is 14.0. The molecule has 4 rings (SSSR count). The van der Waals surface area contributed by atoms with Crippen LogP contribution in [0.4, 0.5) is 17.6 Å². The van der Waals surface area contributed by atoms with Gasteiger partial charge >= 0.3 is 0 Å². The summed E-state index contributed by atoms with van der Waals surface area (Å²) >= 11 is 1.58. The zero-order chi connectivity index (χ0) is 16.7. The van der Waals surface area contributed by atoms with Crippen molar-refractivity contribution in [3.8, 4) is 0 Å². The van der Waals surface area contributed by atoms with E-state index in [1.807, 2.05) is 29.8 Å². The Morgan fingerprint density at radius 2 is 1.88 bits per heavy atom. The van der Waals surface area contributed by atoms with Crippen LogP contribution in [0.25, 0.3) is 4.96 Å². The SMILES string of the molecule is Cc1nc(Nc2nc3scc(C)n3n2)cc(N2CCN(C)CC2)n1. The summed E-state index contributed by atoms with van der Waals surface area (Å²) in [5.41, 5.74) is 1.08. The first-order chi connectivity index (χ1) is 11.6. The van der Waals surface area contributed by atoms with Crippen LogP contribution in [0.3, 0.4) is 0 Å². The van der Waals surface area contributed by atoms with E-state index < -0.39 is 0 Å². The Morgan fingerprint density at radius 1 is 1.08 bits per heavy atom. The van der Waals surface area contributed by atoms with E-state index in [0.29, 0.717) is 5.95 Å². The molecule has 126 valence electrons. The summed E-state index contributed by atoms with van der Waals surface area (Å²) in [6, 6.07) is 1.97. The number of thiazole rings is 1. The summed E-state index contributed by atoms with van der Waals surface area (Å²) in [7, 11) is 2.15. The van der Waals surface area contributed by atoms with Gasteiger partial charge in [-0.2, -0.15) is 4.98 Å². The van der Waals surface area contributed by atoms with E-state index in [0.717, 1.165) is 54.3 Å². The number of piperazine rings is 1. The normalized spacial score (nSPS) is 16.0. The van der Waals surface area contributed by atoms with Gasteiger partial charge in [0.05, 0.1) is 5.69 Å². The first-order valence-corrected chi connectivity index (χ1v) is 8.83. The molecule has 0 atom stereocenters. The maximum absolute atomic E-state index is 4.58. The third-order valence-electron chi connectivity index (χ3n) is 4.14. The fourth-order valence-electron chi connectivity index (χ4n) is 2.77. The predicted molar refractivity (Wildman–Crippen MR) is 95.4 cm³/mol. The van der Waals surface area contributed by atoms with Gasteiger partial charge in [-0.1, -0.05) is 0 Å². The van der Waals surface area contributed by atoms with Gasteiger partial charge in [0.2, 0.25) is 10.9 Å². The monoisotopic (exact) mass is 344 g/mol. The molecule has 0 aliphatic carbocycles. The molecule has 0 bridgehead atoms. The van der Waals surface area contributed by atoms with E-state index in [1.54, 1.807) is 11.3 Å². The molecule has 3 aromatic rings. The minimum absolute atomic E-state index is 0.562. The quantitative estimate of drug-likeness (QED) is 0.775. The van der Waals surface area contributed by atoms with Crippen LogP contribution in [0.5, 0.6) is 0 Å². The van der Waals surface area contributed by atoms with Gasteiger partial charge in [0.15, 0.2) is 0 Å². The van der Waals surface area contributed by atoms with Crippen molar-refractivity contribution >= 4 is 33.9 Å². The van der Waals surface area contributed by atoms with Crippen LogP contribution < -0.4 is 10.2 Å². The summed E-state index contributed by atoms with van der Waals surface area (Å²) < 4.78 is 1.84. The van der Waals surface area contributed by atoms with E-state index in [4.69, 9.17) is 0 Å². The van der Waals surface area contributed by atoms with Gasteiger partial charge in [0, 0.05) is 37.6 Å². The van der Waals surface area contributed by atoms with Crippen LogP contribution in [0, 0.1) is 13.8 Å². The number of rotatable bonds is 3. The standard InChI is InChI=1S/C15H20N8S/c1-10-9-24-15-19-14(20-23(10)15)18-12-8-13(17-11(2)16-12)22-6-4-21(3)5-7-22/h8-9H,4-7H2,1-3H3,(H,16,17,18,20). The molecule has 1 N–H and O–H groups in total. The molecule has 1 saturated heterocycles. The van der Waals surface area contributed by atoms with Crippen LogP contribution >= 0.6 is 11.3 Å². The molecule has 0 amide bonds. The van der Waals surface area contributed by atoms with Crippen molar-refractivity contribution in [1.29, 1.82) is 0 Å². The molecule has 1 aliphatic rings. The van der Waals surface area contributed by atoms with E-state index in [1.165, 1.54) is 0 Å². The average molecular weight is 344 g/mol. The number of fused-ring (bicyclic) bond motifs is 1. The molecule has 1 fully saturated rings. The Hall–Kier alpha value is -2.26. The van der Waals surface area contributed by atoms with Crippen LogP contribution in [-0.4, -0.2) is 62.7 Å². The molecular weight excluding hydrogens is 324 g/mol. The third kappa shape index (κ3) is 2.92.